The fourth-order valence-corrected chi connectivity index (χ4v) is 4.51. The zero-order valence-electron chi connectivity index (χ0n) is 14.9. The number of benzene rings is 1. The van der Waals surface area contributed by atoms with E-state index in [1.807, 2.05) is 0 Å². The molecule has 1 unspecified atom stereocenters. The van der Waals surface area contributed by atoms with Crippen molar-refractivity contribution >= 4 is 44.1 Å². The summed E-state index contributed by atoms with van der Waals surface area (Å²) in [5.41, 5.74) is 1.53. The van der Waals surface area contributed by atoms with Gasteiger partial charge in [-0.3, -0.25) is 14.5 Å². The highest BCUT2D eigenvalue weighted by molar-refractivity contribution is 9.10. The molecule has 0 spiro atoms. The topological polar surface area (TPSA) is 53.8 Å². The largest absolute Gasteiger partial charge is 0.451 e. The molecule has 1 aliphatic rings. The lowest BCUT2D eigenvalue weighted by Crippen LogP contribution is -2.49. The molecule has 1 aromatic carbocycles. The second-order valence-corrected chi connectivity index (χ2v) is 8.37. The molecule has 0 radical (unpaired) electrons. The average molecular weight is 447 g/mol. The number of fused-ring (bicyclic) bond motifs is 1. The highest BCUT2D eigenvalue weighted by Gasteiger charge is 2.27. The lowest BCUT2D eigenvalue weighted by Gasteiger charge is -2.37. The van der Waals surface area contributed by atoms with Gasteiger partial charge in [-0.1, -0.05) is 15.9 Å². The van der Waals surface area contributed by atoms with E-state index < -0.39 is 0 Å². The van der Waals surface area contributed by atoms with Gasteiger partial charge in [0.1, 0.15) is 5.58 Å². The first-order valence-corrected chi connectivity index (χ1v) is 10.6. The van der Waals surface area contributed by atoms with Crippen LogP contribution in [-0.2, 0) is 0 Å². The Labute approximate surface area is 169 Å². The minimum atomic E-state index is -0.225. The van der Waals surface area contributed by atoms with Crippen molar-refractivity contribution in [3.63, 3.8) is 0 Å². The van der Waals surface area contributed by atoms with Gasteiger partial charge in [-0.05, 0) is 47.5 Å². The number of nitrogens with zero attached hydrogens (tertiary/aromatic N) is 2. The predicted octanol–water partition coefficient (Wildman–Crippen LogP) is 4.14. The Morgan fingerprint density at radius 2 is 1.96 bits per heavy atom. The minimum absolute atomic E-state index is 0.102. The summed E-state index contributed by atoms with van der Waals surface area (Å²) in [5.74, 6) is -0.123. The van der Waals surface area contributed by atoms with Crippen molar-refractivity contribution in [2.45, 2.75) is 13.0 Å². The van der Waals surface area contributed by atoms with E-state index in [0.29, 0.717) is 30.1 Å². The van der Waals surface area contributed by atoms with Crippen molar-refractivity contribution < 1.29 is 9.21 Å². The van der Waals surface area contributed by atoms with Gasteiger partial charge in [-0.25, -0.2) is 0 Å². The predicted molar refractivity (Wildman–Crippen MR) is 110 cm³/mol. The number of hydrogen-bond donors (Lipinski definition) is 0. The molecule has 0 aliphatic carbocycles. The van der Waals surface area contributed by atoms with Crippen LogP contribution in [0.2, 0.25) is 0 Å². The average Bonchev–Trinajstić information content (AvgIpc) is 3.21. The minimum Gasteiger partial charge on any atom is -0.451 e. The van der Waals surface area contributed by atoms with Crippen molar-refractivity contribution in [1.29, 1.82) is 0 Å². The number of hydrogen-bond acceptors (Lipinski definition) is 5. The first kappa shape index (κ1) is 18.4. The molecule has 0 N–H and O–H groups in total. The molecule has 0 saturated carbocycles. The molecule has 1 fully saturated rings. The monoisotopic (exact) mass is 446 g/mol. The summed E-state index contributed by atoms with van der Waals surface area (Å²) < 4.78 is 6.54. The zero-order chi connectivity index (χ0) is 19.0. The van der Waals surface area contributed by atoms with Crippen LogP contribution in [0.5, 0.6) is 0 Å². The fraction of sp³-hybridized carbons (Fsp3) is 0.300. The smallest absolute Gasteiger partial charge is 0.289 e. The number of halogens is 1. The number of carbonyl (C=O) groups is 1. The van der Waals surface area contributed by atoms with Gasteiger partial charge in [0.15, 0.2) is 11.2 Å². The standard InChI is InChI=1S/C20H19BrN2O3S/c1-13(14-4-9-27-12-14)22-5-7-23(8-6-22)20(25)19-11-17(24)16-3-2-15(21)10-18(16)26-19/h2-4,9-13H,5-8H2,1H3. The first-order valence-electron chi connectivity index (χ1n) is 8.82. The van der Waals surface area contributed by atoms with Crippen LogP contribution in [0.4, 0.5) is 0 Å². The van der Waals surface area contributed by atoms with Crippen LogP contribution < -0.4 is 5.43 Å². The molecule has 7 heteroatoms. The fourth-order valence-electron chi connectivity index (χ4n) is 3.43. The summed E-state index contributed by atoms with van der Waals surface area (Å²) in [5, 5.41) is 4.74. The third-order valence-corrected chi connectivity index (χ3v) is 6.27. The Hall–Kier alpha value is -1.96. The van der Waals surface area contributed by atoms with E-state index in [4.69, 9.17) is 4.42 Å². The van der Waals surface area contributed by atoms with Crippen molar-refractivity contribution in [2.75, 3.05) is 26.2 Å². The van der Waals surface area contributed by atoms with Gasteiger partial charge >= 0.3 is 0 Å². The van der Waals surface area contributed by atoms with Gasteiger partial charge in [0, 0.05) is 42.8 Å². The molecule has 1 saturated heterocycles. The van der Waals surface area contributed by atoms with Crippen LogP contribution in [-0.4, -0.2) is 41.9 Å². The third kappa shape index (κ3) is 3.72. The van der Waals surface area contributed by atoms with Crippen molar-refractivity contribution in [3.8, 4) is 0 Å². The van der Waals surface area contributed by atoms with Crippen LogP contribution in [0.1, 0.15) is 29.1 Å². The summed E-state index contributed by atoms with van der Waals surface area (Å²) in [4.78, 5) is 29.3. The van der Waals surface area contributed by atoms with E-state index in [-0.39, 0.29) is 17.1 Å². The third-order valence-electron chi connectivity index (χ3n) is 5.08. The molecule has 3 heterocycles. The molecule has 2 aromatic heterocycles. The van der Waals surface area contributed by atoms with E-state index in [9.17, 15) is 9.59 Å². The van der Waals surface area contributed by atoms with E-state index >= 15 is 0 Å². The molecule has 1 amide bonds. The number of rotatable bonds is 3. The molecular formula is C20H19BrN2O3S. The lowest BCUT2D eigenvalue weighted by molar-refractivity contribution is 0.0554. The van der Waals surface area contributed by atoms with E-state index in [1.54, 1.807) is 34.4 Å². The SMILES string of the molecule is CC(c1ccsc1)N1CCN(C(=O)c2cc(=O)c3ccc(Br)cc3o2)CC1. The molecule has 5 nitrogen and oxygen atoms in total. The van der Waals surface area contributed by atoms with Gasteiger partial charge in [0.25, 0.3) is 5.91 Å². The zero-order valence-corrected chi connectivity index (χ0v) is 17.3. The molecule has 1 atom stereocenters. The number of thiophene rings is 1. The number of piperazine rings is 1. The normalized spacial score (nSPS) is 16.6. The molecule has 4 rings (SSSR count). The van der Waals surface area contributed by atoms with Gasteiger partial charge in [0.2, 0.25) is 0 Å². The van der Waals surface area contributed by atoms with Crippen LogP contribution in [0, 0.1) is 0 Å². The second-order valence-electron chi connectivity index (χ2n) is 6.68. The van der Waals surface area contributed by atoms with E-state index in [0.717, 1.165) is 17.6 Å². The Balaban J connectivity index is 1.49. The van der Waals surface area contributed by atoms with E-state index in [1.165, 1.54) is 11.6 Å². The highest BCUT2D eigenvalue weighted by atomic mass is 79.9. The van der Waals surface area contributed by atoms with Gasteiger partial charge < -0.3 is 9.32 Å². The van der Waals surface area contributed by atoms with Crippen molar-refractivity contribution in [3.05, 3.63) is 67.1 Å². The van der Waals surface area contributed by atoms with Crippen LogP contribution >= 0.6 is 27.3 Å². The first-order chi connectivity index (χ1) is 13.0. The van der Waals surface area contributed by atoms with Crippen LogP contribution in [0.3, 0.4) is 0 Å². The lowest BCUT2D eigenvalue weighted by atomic mass is 10.1. The molecule has 0 bridgehead atoms. The Morgan fingerprint density at radius 3 is 2.67 bits per heavy atom. The summed E-state index contributed by atoms with van der Waals surface area (Å²) in [6, 6.07) is 8.99. The van der Waals surface area contributed by atoms with Gasteiger partial charge in [-0.2, -0.15) is 11.3 Å². The molecule has 3 aromatic rings. The maximum Gasteiger partial charge on any atom is 0.289 e. The maximum atomic E-state index is 12.9. The molecule has 1 aliphatic heterocycles. The summed E-state index contributed by atoms with van der Waals surface area (Å²) in [6.07, 6.45) is 0. The number of carbonyl (C=O) groups excluding carboxylic acids is 1. The molecular weight excluding hydrogens is 428 g/mol. The number of amides is 1. The molecule has 140 valence electrons. The van der Waals surface area contributed by atoms with E-state index in [2.05, 4.69) is 44.6 Å². The van der Waals surface area contributed by atoms with Crippen molar-refractivity contribution in [1.82, 2.24) is 9.80 Å². The van der Waals surface area contributed by atoms with Gasteiger partial charge in [0.05, 0.1) is 5.39 Å². The second kappa shape index (κ2) is 7.58. The Bertz CT molecular complexity index is 1020. The van der Waals surface area contributed by atoms with Crippen molar-refractivity contribution in [2.24, 2.45) is 0 Å². The summed E-state index contributed by atoms with van der Waals surface area (Å²) in [6.45, 7) is 5.03. The van der Waals surface area contributed by atoms with Gasteiger partial charge in [-0.15, -0.1) is 0 Å². The highest BCUT2D eigenvalue weighted by Crippen LogP contribution is 2.24. The molecule has 27 heavy (non-hydrogen) atoms. The summed E-state index contributed by atoms with van der Waals surface area (Å²) >= 11 is 5.07. The Kier molecular flexibility index (Phi) is 5.16. The van der Waals surface area contributed by atoms with Crippen LogP contribution in [0.25, 0.3) is 11.0 Å². The maximum absolute atomic E-state index is 12.9. The Morgan fingerprint density at radius 1 is 1.19 bits per heavy atom. The van der Waals surface area contributed by atoms with Crippen LogP contribution in [0.15, 0.2) is 54.8 Å². The quantitative estimate of drug-likeness (QED) is 0.606. The summed E-state index contributed by atoms with van der Waals surface area (Å²) in [7, 11) is 0.